The summed E-state index contributed by atoms with van der Waals surface area (Å²) in [6, 6.07) is 12.8. The number of carboxylic acids is 1. The average molecular weight is 442 g/mol. The number of hydrogen-bond donors (Lipinski definition) is 1. The molecule has 31 heavy (non-hydrogen) atoms. The number of rotatable bonds is 9. The first-order valence-corrected chi connectivity index (χ1v) is 10.6. The third-order valence-electron chi connectivity index (χ3n) is 4.47. The van der Waals surface area contributed by atoms with Crippen LogP contribution in [0.3, 0.4) is 0 Å². The quantitative estimate of drug-likeness (QED) is 0.573. The minimum atomic E-state index is -0.948. The van der Waals surface area contributed by atoms with Gasteiger partial charge in [-0.05, 0) is 54.9 Å². The molecule has 2 amide bonds. The minimum Gasteiger partial charge on any atom is -0.490 e. The number of aryl methyl sites for hydroxylation is 1. The van der Waals surface area contributed by atoms with Crippen LogP contribution in [0.2, 0.25) is 0 Å². The van der Waals surface area contributed by atoms with Crippen molar-refractivity contribution in [2.24, 2.45) is 0 Å². The largest absolute Gasteiger partial charge is 0.490 e. The number of amides is 2. The second-order valence-corrected chi connectivity index (χ2v) is 7.88. The lowest BCUT2D eigenvalue weighted by Gasteiger charge is -2.13. The molecule has 1 saturated heterocycles. The highest BCUT2D eigenvalue weighted by molar-refractivity contribution is 8.18. The van der Waals surface area contributed by atoms with E-state index in [4.69, 9.17) is 14.6 Å². The van der Waals surface area contributed by atoms with Gasteiger partial charge in [0.2, 0.25) is 0 Å². The maximum atomic E-state index is 12.8. The molecular formula is C23H23NO6S. The number of thioether (sulfide) groups is 1. The lowest BCUT2D eigenvalue weighted by molar-refractivity contribution is -0.137. The number of benzene rings is 2. The van der Waals surface area contributed by atoms with E-state index >= 15 is 0 Å². The highest BCUT2D eigenvalue weighted by atomic mass is 32.2. The molecule has 1 N–H and O–H groups in total. The molecule has 0 bridgehead atoms. The summed E-state index contributed by atoms with van der Waals surface area (Å²) in [5, 5.41) is 8.45. The number of carbonyl (C=O) groups is 3. The molecule has 8 heteroatoms. The normalized spacial score (nSPS) is 14.9. The number of hydrogen-bond acceptors (Lipinski definition) is 6. The summed E-state index contributed by atoms with van der Waals surface area (Å²) in [5.41, 5.74) is 2.67. The van der Waals surface area contributed by atoms with Crippen molar-refractivity contribution in [2.45, 2.75) is 26.8 Å². The molecule has 0 unspecified atom stereocenters. The topological polar surface area (TPSA) is 93.1 Å². The van der Waals surface area contributed by atoms with E-state index in [1.165, 1.54) is 4.90 Å². The predicted molar refractivity (Wildman–Crippen MR) is 118 cm³/mol. The first kappa shape index (κ1) is 22.4. The summed E-state index contributed by atoms with van der Waals surface area (Å²) >= 11 is 0.901. The van der Waals surface area contributed by atoms with Crippen molar-refractivity contribution in [1.29, 1.82) is 0 Å². The van der Waals surface area contributed by atoms with E-state index in [2.05, 4.69) is 0 Å². The molecule has 0 saturated carbocycles. The molecule has 2 aromatic carbocycles. The van der Waals surface area contributed by atoms with Gasteiger partial charge in [-0.1, -0.05) is 35.9 Å². The molecule has 162 valence electrons. The van der Waals surface area contributed by atoms with Crippen molar-refractivity contribution in [3.8, 4) is 11.5 Å². The molecule has 0 radical (unpaired) electrons. The van der Waals surface area contributed by atoms with E-state index in [1.807, 2.05) is 38.1 Å². The summed E-state index contributed by atoms with van der Waals surface area (Å²) in [5.74, 6) is -0.417. The standard InChI is InChI=1S/C23H23NO6S/c1-3-29-19-12-17(8-9-18(19)30-11-10-21(25)26)13-20-22(27)24(23(28)31-20)14-16-6-4-15(2)5-7-16/h4-9,12-13H,3,10-11,14H2,1-2H3,(H,25,26)/b20-13+. The van der Waals surface area contributed by atoms with Gasteiger partial charge in [0.1, 0.15) is 0 Å². The zero-order chi connectivity index (χ0) is 22.4. The second-order valence-electron chi connectivity index (χ2n) is 6.88. The Kier molecular flexibility index (Phi) is 7.36. The molecule has 0 aromatic heterocycles. The molecule has 0 aliphatic carbocycles. The summed E-state index contributed by atoms with van der Waals surface area (Å²) in [6.07, 6.45) is 1.52. The first-order chi connectivity index (χ1) is 14.9. The van der Waals surface area contributed by atoms with Crippen molar-refractivity contribution in [3.05, 3.63) is 64.1 Å². The smallest absolute Gasteiger partial charge is 0.306 e. The predicted octanol–water partition coefficient (Wildman–Crippen LogP) is 4.48. The van der Waals surface area contributed by atoms with Crippen molar-refractivity contribution in [2.75, 3.05) is 13.2 Å². The number of aliphatic carboxylic acids is 1. The molecule has 3 rings (SSSR count). The van der Waals surface area contributed by atoms with Crippen molar-refractivity contribution in [3.63, 3.8) is 0 Å². The van der Waals surface area contributed by atoms with Crippen LogP contribution in [0.25, 0.3) is 6.08 Å². The summed E-state index contributed by atoms with van der Waals surface area (Å²) in [4.78, 5) is 37.4. The number of imide groups is 1. The Hall–Kier alpha value is -3.26. The number of nitrogens with zero attached hydrogens (tertiary/aromatic N) is 1. The van der Waals surface area contributed by atoms with Crippen LogP contribution in [0.5, 0.6) is 11.5 Å². The van der Waals surface area contributed by atoms with Gasteiger partial charge in [-0.25, -0.2) is 0 Å². The van der Waals surface area contributed by atoms with Crippen molar-refractivity contribution < 1.29 is 29.0 Å². The highest BCUT2D eigenvalue weighted by Crippen LogP contribution is 2.35. The number of carbonyl (C=O) groups excluding carboxylic acids is 2. The third-order valence-corrected chi connectivity index (χ3v) is 5.38. The van der Waals surface area contributed by atoms with Gasteiger partial charge < -0.3 is 14.6 Å². The summed E-state index contributed by atoms with van der Waals surface area (Å²) in [6.45, 7) is 4.44. The van der Waals surface area contributed by atoms with Gasteiger partial charge in [0.25, 0.3) is 11.1 Å². The summed E-state index contributed by atoms with van der Waals surface area (Å²) < 4.78 is 11.1. The Morgan fingerprint density at radius 3 is 2.52 bits per heavy atom. The van der Waals surface area contributed by atoms with Crippen molar-refractivity contribution in [1.82, 2.24) is 4.90 Å². The van der Waals surface area contributed by atoms with Crippen LogP contribution < -0.4 is 9.47 Å². The Morgan fingerprint density at radius 1 is 1.10 bits per heavy atom. The molecule has 1 aliphatic heterocycles. The third kappa shape index (κ3) is 5.88. The SMILES string of the molecule is CCOc1cc(/C=C2/SC(=O)N(Cc3ccc(C)cc3)C2=O)ccc1OCCC(=O)O. The molecule has 2 aromatic rings. The lowest BCUT2D eigenvalue weighted by atomic mass is 10.1. The minimum absolute atomic E-state index is 0.0205. The summed E-state index contributed by atoms with van der Waals surface area (Å²) in [7, 11) is 0. The monoisotopic (exact) mass is 441 g/mol. The van der Waals surface area contributed by atoms with Crippen LogP contribution in [0.15, 0.2) is 47.4 Å². The van der Waals surface area contributed by atoms with Gasteiger partial charge in [-0.15, -0.1) is 0 Å². The maximum Gasteiger partial charge on any atom is 0.306 e. The Bertz CT molecular complexity index is 1020. The van der Waals surface area contributed by atoms with Gasteiger partial charge >= 0.3 is 5.97 Å². The van der Waals surface area contributed by atoms with E-state index in [0.29, 0.717) is 28.6 Å². The van der Waals surface area contributed by atoms with Gasteiger partial charge in [-0.2, -0.15) is 0 Å². The zero-order valence-electron chi connectivity index (χ0n) is 17.3. The van der Waals surface area contributed by atoms with E-state index in [-0.39, 0.29) is 30.7 Å². The number of ether oxygens (including phenoxy) is 2. The molecule has 0 spiro atoms. The molecule has 1 aliphatic rings. The van der Waals surface area contributed by atoms with Crippen molar-refractivity contribution >= 4 is 35.0 Å². The van der Waals surface area contributed by atoms with Crippen LogP contribution in [-0.4, -0.2) is 40.3 Å². The van der Waals surface area contributed by atoms with E-state index in [0.717, 1.165) is 22.9 Å². The molecule has 1 fully saturated rings. The van der Waals surface area contributed by atoms with Crippen LogP contribution >= 0.6 is 11.8 Å². The van der Waals surface area contributed by atoms with Gasteiger partial charge in [-0.3, -0.25) is 19.3 Å². The highest BCUT2D eigenvalue weighted by Gasteiger charge is 2.35. The molecule has 1 heterocycles. The van der Waals surface area contributed by atoms with Gasteiger partial charge in [0, 0.05) is 0 Å². The molecule has 7 nitrogen and oxygen atoms in total. The fourth-order valence-electron chi connectivity index (χ4n) is 2.91. The first-order valence-electron chi connectivity index (χ1n) is 9.79. The Balaban J connectivity index is 1.76. The fraction of sp³-hybridized carbons (Fsp3) is 0.261. The van der Waals surface area contributed by atoms with Gasteiger partial charge in [0.15, 0.2) is 11.5 Å². The lowest BCUT2D eigenvalue weighted by Crippen LogP contribution is -2.27. The van der Waals surface area contributed by atoms with Crippen LogP contribution in [0.4, 0.5) is 4.79 Å². The Labute approximate surface area is 184 Å². The number of carboxylic acid groups (broad SMARTS) is 1. The zero-order valence-corrected chi connectivity index (χ0v) is 18.1. The average Bonchev–Trinajstić information content (AvgIpc) is 2.98. The van der Waals surface area contributed by atoms with E-state index < -0.39 is 5.97 Å². The Morgan fingerprint density at radius 2 is 1.84 bits per heavy atom. The van der Waals surface area contributed by atoms with Crippen LogP contribution in [0, 0.1) is 6.92 Å². The maximum absolute atomic E-state index is 12.8. The van der Waals surface area contributed by atoms with Gasteiger partial charge in [0.05, 0.1) is 31.1 Å². The van der Waals surface area contributed by atoms with Crippen LogP contribution in [-0.2, 0) is 16.1 Å². The fourth-order valence-corrected chi connectivity index (χ4v) is 3.75. The molecular weight excluding hydrogens is 418 g/mol. The van der Waals surface area contributed by atoms with E-state index in [1.54, 1.807) is 24.3 Å². The molecule has 0 atom stereocenters. The van der Waals surface area contributed by atoms with E-state index in [9.17, 15) is 14.4 Å². The second kappa shape index (κ2) is 10.2. The van der Waals surface area contributed by atoms with Crippen LogP contribution in [0.1, 0.15) is 30.0 Å².